The predicted octanol–water partition coefficient (Wildman–Crippen LogP) is 8.47. The van der Waals surface area contributed by atoms with Crippen molar-refractivity contribution in [1.29, 1.82) is 0 Å². The Morgan fingerprint density at radius 2 is 0.775 bits per heavy atom. The number of amides is 1. The normalized spacial score (nSPS) is 12.9. The smallest absolute Gasteiger partial charge is 0.368 e. The Hall–Kier alpha value is -2.45. The van der Waals surface area contributed by atoms with E-state index in [1.54, 1.807) is 0 Å². The summed E-state index contributed by atoms with van der Waals surface area (Å²) in [5, 5.41) is 0. The van der Waals surface area contributed by atoms with Gasteiger partial charge in [0.15, 0.2) is 0 Å². The summed E-state index contributed by atoms with van der Waals surface area (Å²) in [6, 6.07) is 16.2. The quantitative estimate of drug-likeness (QED) is 0.139. The lowest BCUT2D eigenvalue weighted by Crippen LogP contribution is -2.44. The Bertz CT molecular complexity index is 1170. The van der Waals surface area contributed by atoms with Crippen LogP contribution in [0.1, 0.15) is 16.7 Å². The van der Waals surface area contributed by atoms with Crippen LogP contribution >= 0.6 is 35.3 Å². The van der Waals surface area contributed by atoms with Gasteiger partial charge in [-0.25, -0.2) is 0 Å². The third kappa shape index (κ3) is 8.06. The molecular weight excluding hydrogens is 609 g/mol. The maximum atomic E-state index is 13.6. The van der Waals surface area contributed by atoms with Crippen LogP contribution in [0.4, 0.5) is 39.5 Å². The summed E-state index contributed by atoms with van der Waals surface area (Å²) in [4.78, 5) is 13.4. The first-order valence-corrected chi connectivity index (χ1v) is 14.2. The number of hydrogen-bond acceptors (Lipinski definition) is 4. The number of hydrogen-bond donors (Lipinski definition) is 1. The molecule has 40 heavy (non-hydrogen) atoms. The van der Waals surface area contributed by atoms with Gasteiger partial charge in [0.2, 0.25) is 5.91 Å². The van der Waals surface area contributed by atoms with Crippen LogP contribution in [0.5, 0.6) is 0 Å². The summed E-state index contributed by atoms with van der Waals surface area (Å²) in [5.41, 5.74) is 3.44. The fourth-order valence-electron chi connectivity index (χ4n) is 4.02. The van der Waals surface area contributed by atoms with E-state index in [1.165, 1.54) is 72.8 Å². The number of thioether (sulfide) groups is 3. The second-order valence-electron chi connectivity index (χ2n) is 8.31. The van der Waals surface area contributed by atoms with Crippen molar-refractivity contribution in [3.8, 4) is 0 Å². The van der Waals surface area contributed by atoms with Gasteiger partial charge >= 0.3 is 18.5 Å². The summed E-state index contributed by atoms with van der Waals surface area (Å²) in [5.74, 6) is -5.29. The van der Waals surface area contributed by atoms with Crippen LogP contribution < -0.4 is 5.73 Å². The molecule has 14 heteroatoms. The van der Waals surface area contributed by atoms with Gasteiger partial charge in [-0.15, -0.1) is 35.3 Å². The van der Waals surface area contributed by atoms with Crippen molar-refractivity contribution < 1.29 is 44.3 Å². The molecule has 1 amide bonds. The number of nitrogens with two attached hydrogens (primary N) is 1. The maximum Gasteiger partial charge on any atom is 0.398 e. The molecule has 3 rings (SSSR count). The first kappa shape index (κ1) is 32.1. The van der Waals surface area contributed by atoms with Crippen molar-refractivity contribution in [3.05, 3.63) is 89.5 Å². The molecule has 0 radical (unpaired) electrons. The van der Waals surface area contributed by atoms with E-state index in [0.717, 1.165) is 0 Å². The van der Waals surface area contributed by atoms with Gasteiger partial charge in [0.05, 0.1) is 17.3 Å². The van der Waals surface area contributed by atoms with Gasteiger partial charge in [0, 0.05) is 14.7 Å². The highest BCUT2D eigenvalue weighted by Crippen LogP contribution is 2.50. The van der Waals surface area contributed by atoms with Crippen molar-refractivity contribution in [1.82, 2.24) is 0 Å². The van der Waals surface area contributed by atoms with Crippen LogP contribution in [-0.4, -0.2) is 41.7 Å². The number of rotatable bonds is 10. The van der Waals surface area contributed by atoms with E-state index in [1.807, 2.05) is 0 Å². The van der Waals surface area contributed by atoms with Gasteiger partial charge in [0.25, 0.3) is 0 Å². The molecule has 0 aromatic heterocycles. The summed E-state index contributed by atoms with van der Waals surface area (Å²) >= 11 is 0.984. The number of alkyl halides is 9. The maximum absolute atomic E-state index is 13.6. The molecular formula is C26H20F9NOS3. The largest absolute Gasteiger partial charge is 0.398 e. The highest BCUT2D eigenvalue weighted by Gasteiger charge is 2.47. The number of carbonyl (C=O) groups is 1. The van der Waals surface area contributed by atoms with Crippen LogP contribution in [0, 0.1) is 0 Å². The van der Waals surface area contributed by atoms with E-state index in [2.05, 4.69) is 0 Å². The summed E-state index contributed by atoms with van der Waals surface area (Å²) in [7, 11) is 0. The first-order valence-electron chi connectivity index (χ1n) is 11.2. The third-order valence-corrected chi connectivity index (χ3v) is 8.83. The van der Waals surface area contributed by atoms with Crippen LogP contribution in [0.3, 0.4) is 0 Å². The van der Waals surface area contributed by atoms with E-state index in [4.69, 9.17) is 5.73 Å². The van der Waals surface area contributed by atoms with Gasteiger partial charge < -0.3 is 5.73 Å². The van der Waals surface area contributed by atoms with Crippen LogP contribution in [0.15, 0.2) is 87.5 Å². The molecule has 0 bridgehead atoms. The highest BCUT2D eigenvalue weighted by atomic mass is 32.2. The zero-order chi connectivity index (χ0) is 29.8. The standard InChI is InChI=1S/C26H20F9NOS3/c27-23(28,29)13-38-19-10-4-1-7-16(19)26(22(36)37,17-8-2-5-11-20(17)39-14-24(30,31)32)18-9-3-6-12-21(18)40-15-25(33,34)35/h1-12H,13-15H2,(H2,36,37). The van der Waals surface area contributed by atoms with Crippen molar-refractivity contribution in [2.75, 3.05) is 17.3 Å². The van der Waals surface area contributed by atoms with Crippen molar-refractivity contribution in [2.24, 2.45) is 5.73 Å². The monoisotopic (exact) mass is 629 g/mol. The highest BCUT2D eigenvalue weighted by molar-refractivity contribution is 8.00. The SMILES string of the molecule is NC(=O)C(c1ccccc1SCC(F)(F)F)(c1ccccc1SCC(F)(F)F)c1ccccc1SCC(F)(F)F. The molecule has 0 heterocycles. The molecule has 0 saturated heterocycles. The van der Waals surface area contributed by atoms with Crippen LogP contribution in [0.25, 0.3) is 0 Å². The van der Waals surface area contributed by atoms with Crippen molar-refractivity contribution in [3.63, 3.8) is 0 Å². The Morgan fingerprint density at radius 1 is 0.525 bits per heavy atom. The average molecular weight is 630 g/mol. The molecule has 0 saturated carbocycles. The molecule has 2 nitrogen and oxygen atoms in total. The lowest BCUT2D eigenvalue weighted by Gasteiger charge is -2.36. The Labute approximate surface area is 236 Å². The zero-order valence-corrected chi connectivity index (χ0v) is 22.6. The summed E-state index contributed by atoms with van der Waals surface area (Å²) < 4.78 is 119. The molecule has 3 aromatic carbocycles. The Balaban J connectivity index is 2.40. The minimum atomic E-state index is -4.62. The van der Waals surface area contributed by atoms with Crippen molar-refractivity contribution in [2.45, 2.75) is 38.6 Å². The lowest BCUT2D eigenvalue weighted by atomic mass is 9.68. The second-order valence-corrected chi connectivity index (χ2v) is 11.4. The van der Waals surface area contributed by atoms with Gasteiger partial charge in [-0.05, 0) is 34.9 Å². The Kier molecular flexibility index (Phi) is 10.1. The van der Waals surface area contributed by atoms with Crippen molar-refractivity contribution >= 4 is 41.2 Å². The van der Waals surface area contributed by atoms with E-state index in [-0.39, 0.29) is 31.4 Å². The number of benzene rings is 3. The summed E-state index contributed by atoms with van der Waals surface area (Å²) in [6.07, 6.45) is -13.9. The molecule has 0 atom stereocenters. The van der Waals surface area contributed by atoms with Crippen LogP contribution in [-0.2, 0) is 10.2 Å². The molecule has 0 aliphatic rings. The predicted molar refractivity (Wildman–Crippen MR) is 139 cm³/mol. The van der Waals surface area contributed by atoms with Gasteiger partial charge in [-0.3, -0.25) is 4.79 Å². The van der Waals surface area contributed by atoms with Gasteiger partial charge in [-0.1, -0.05) is 54.6 Å². The van der Waals surface area contributed by atoms with Gasteiger partial charge in [0.1, 0.15) is 5.41 Å². The molecule has 0 spiro atoms. The molecule has 0 unspecified atom stereocenters. The third-order valence-electron chi connectivity index (χ3n) is 5.42. The molecule has 2 N–H and O–H groups in total. The van der Waals surface area contributed by atoms with Gasteiger partial charge in [-0.2, -0.15) is 39.5 Å². The molecule has 0 aliphatic carbocycles. The van der Waals surface area contributed by atoms with E-state index >= 15 is 0 Å². The average Bonchev–Trinajstić information content (AvgIpc) is 2.86. The number of carbonyl (C=O) groups excluding carboxylic acids is 1. The molecule has 0 aliphatic heterocycles. The fraction of sp³-hybridized carbons (Fsp3) is 0.269. The number of primary amides is 1. The van der Waals surface area contributed by atoms with E-state index < -0.39 is 47.1 Å². The first-order chi connectivity index (χ1) is 18.5. The fourth-order valence-corrected chi connectivity index (χ4v) is 6.63. The van der Waals surface area contributed by atoms with E-state index in [9.17, 15) is 44.3 Å². The second kappa shape index (κ2) is 12.6. The molecule has 216 valence electrons. The van der Waals surface area contributed by atoms with E-state index in [0.29, 0.717) is 35.3 Å². The molecule has 0 fully saturated rings. The minimum absolute atomic E-state index is 0.0649. The van der Waals surface area contributed by atoms with Crippen LogP contribution in [0.2, 0.25) is 0 Å². The Morgan fingerprint density at radius 3 is 1.00 bits per heavy atom. The summed E-state index contributed by atoms with van der Waals surface area (Å²) in [6.45, 7) is 0. The topological polar surface area (TPSA) is 43.1 Å². The lowest BCUT2D eigenvalue weighted by molar-refractivity contribution is -0.121. The molecule has 3 aromatic rings. The number of halogens is 9. The minimum Gasteiger partial charge on any atom is -0.368 e. The zero-order valence-electron chi connectivity index (χ0n) is 20.2.